The molecule has 0 saturated heterocycles. The molecule has 0 atom stereocenters. The van der Waals surface area contributed by atoms with Crippen molar-refractivity contribution in [2.45, 2.75) is 26.1 Å². The summed E-state index contributed by atoms with van der Waals surface area (Å²) >= 11 is 0. The summed E-state index contributed by atoms with van der Waals surface area (Å²) in [5.41, 5.74) is 5.56. The smallest absolute Gasteiger partial charge is 0.368 e. The molecule has 7 nitrogen and oxygen atoms in total. The van der Waals surface area contributed by atoms with Gasteiger partial charge in [0.05, 0.1) is 0 Å². The van der Waals surface area contributed by atoms with Gasteiger partial charge in [-0.25, -0.2) is 4.98 Å². The highest BCUT2D eigenvalue weighted by molar-refractivity contribution is 5.39. The number of nitrogen functional groups attached to an aromatic ring is 1. The van der Waals surface area contributed by atoms with Crippen molar-refractivity contribution in [1.82, 2.24) is 24.5 Å². The summed E-state index contributed by atoms with van der Waals surface area (Å²) in [6, 6.07) is -0.455. The number of nitrogens with two attached hydrogens (primary N) is 1. The minimum Gasteiger partial charge on any atom is -0.368 e. The molecule has 10 heteroatoms. The molecule has 0 aliphatic rings. The summed E-state index contributed by atoms with van der Waals surface area (Å²) in [5.74, 6) is -0.169. The van der Waals surface area contributed by atoms with E-state index in [1.807, 2.05) is 0 Å². The minimum atomic E-state index is -4.37. The number of alkyl halides is 3. The van der Waals surface area contributed by atoms with E-state index in [9.17, 15) is 13.2 Å². The monoisotopic (exact) mass is 301 g/mol. The largest absolute Gasteiger partial charge is 0.406 e. The Bertz CT molecular complexity index is 594. The summed E-state index contributed by atoms with van der Waals surface area (Å²) in [5, 5.41) is 0. The van der Waals surface area contributed by atoms with Crippen molar-refractivity contribution in [3.63, 3.8) is 0 Å². The Morgan fingerprint density at radius 2 is 2.00 bits per heavy atom. The lowest BCUT2D eigenvalue weighted by Gasteiger charge is -2.27. The van der Waals surface area contributed by atoms with E-state index in [2.05, 4.69) is 19.9 Å². The molecule has 0 saturated carbocycles. The maximum Gasteiger partial charge on any atom is 0.406 e. The second-order valence-corrected chi connectivity index (χ2v) is 4.60. The molecule has 0 unspecified atom stereocenters. The van der Waals surface area contributed by atoms with Gasteiger partial charge in [-0.3, -0.25) is 4.57 Å². The topological polar surface area (TPSA) is 85.8 Å². The second-order valence-electron chi connectivity index (χ2n) is 4.60. The van der Waals surface area contributed by atoms with Crippen molar-refractivity contribution in [1.29, 1.82) is 0 Å². The van der Waals surface area contributed by atoms with Crippen LogP contribution in [0.3, 0.4) is 0 Å². The number of imidazole rings is 1. The minimum absolute atomic E-state index is 0.114. The zero-order valence-electron chi connectivity index (χ0n) is 11.4. The van der Waals surface area contributed by atoms with E-state index in [0.29, 0.717) is 0 Å². The molecule has 2 heterocycles. The van der Waals surface area contributed by atoms with Crippen molar-refractivity contribution in [2.75, 3.05) is 17.2 Å². The standard InChI is InChI=1S/C11H14F3N7/c1-7(2)21(5-11(12,13)14)10-18-8(15)17-9(19-10)20-4-3-16-6-20/h3-4,6-7H,5H2,1-2H3,(H2,15,17,18,19). The number of hydrogen-bond acceptors (Lipinski definition) is 6. The molecule has 2 N–H and O–H groups in total. The van der Waals surface area contributed by atoms with Gasteiger partial charge < -0.3 is 10.6 Å². The van der Waals surface area contributed by atoms with Crippen LogP contribution in [0.5, 0.6) is 0 Å². The normalized spacial score (nSPS) is 11.9. The molecule has 0 amide bonds. The van der Waals surface area contributed by atoms with E-state index in [4.69, 9.17) is 5.73 Å². The molecule has 0 aliphatic heterocycles. The number of halogens is 3. The van der Waals surface area contributed by atoms with Gasteiger partial charge in [-0.15, -0.1) is 0 Å². The lowest BCUT2D eigenvalue weighted by atomic mass is 10.3. The molecule has 0 fully saturated rings. The van der Waals surface area contributed by atoms with Crippen molar-refractivity contribution >= 4 is 11.9 Å². The quantitative estimate of drug-likeness (QED) is 0.919. The molecule has 21 heavy (non-hydrogen) atoms. The molecule has 0 radical (unpaired) electrons. The van der Waals surface area contributed by atoms with E-state index in [0.717, 1.165) is 4.90 Å². The molecule has 0 aliphatic carbocycles. The molecule has 2 aromatic heterocycles. The van der Waals surface area contributed by atoms with Crippen LogP contribution in [0.15, 0.2) is 18.7 Å². The second kappa shape index (κ2) is 5.54. The first-order valence-electron chi connectivity index (χ1n) is 6.09. The molecule has 0 aromatic carbocycles. The molecular weight excluding hydrogens is 287 g/mol. The summed E-state index contributed by atoms with van der Waals surface area (Å²) in [6.07, 6.45) is 0.0977. The Labute approximate surface area is 118 Å². The van der Waals surface area contributed by atoms with Crippen LogP contribution in [-0.4, -0.2) is 43.3 Å². The third-order valence-corrected chi connectivity index (χ3v) is 2.59. The van der Waals surface area contributed by atoms with Gasteiger partial charge in [-0.1, -0.05) is 0 Å². The SMILES string of the molecule is CC(C)N(CC(F)(F)F)c1nc(N)nc(-n2ccnc2)n1. The van der Waals surface area contributed by atoms with Gasteiger partial charge in [-0.05, 0) is 13.8 Å². The maximum absolute atomic E-state index is 12.7. The summed E-state index contributed by atoms with van der Waals surface area (Å²) in [6.45, 7) is 2.06. The maximum atomic E-state index is 12.7. The number of nitrogens with zero attached hydrogens (tertiary/aromatic N) is 6. The van der Waals surface area contributed by atoms with Crippen molar-refractivity contribution < 1.29 is 13.2 Å². The Morgan fingerprint density at radius 3 is 2.52 bits per heavy atom. The molecule has 2 aromatic rings. The molecular formula is C11H14F3N7. The fourth-order valence-electron chi connectivity index (χ4n) is 1.67. The lowest BCUT2D eigenvalue weighted by molar-refractivity contribution is -0.120. The fraction of sp³-hybridized carbons (Fsp3) is 0.455. The lowest BCUT2D eigenvalue weighted by Crippen LogP contribution is -2.40. The Kier molecular flexibility index (Phi) is 3.96. The Morgan fingerprint density at radius 1 is 1.29 bits per heavy atom. The van der Waals surface area contributed by atoms with Crippen LogP contribution in [-0.2, 0) is 0 Å². The summed E-state index contributed by atoms with van der Waals surface area (Å²) in [4.78, 5) is 16.5. The Hall–Kier alpha value is -2.39. The number of anilines is 2. The average Bonchev–Trinajstić information content (AvgIpc) is 2.87. The number of aromatic nitrogens is 5. The van der Waals surface area contributed by atoms with Gasteiger partial charge in [0.25, 0.3) is 0 Å². The number of rotatable bonds is 4. The average molecular weight is 301 g/mol. The highest BCUT2D eigenvalue weighted by Crippen LogP contribution is 2.22. The Balaban J connectivity index is 2.41. The van der Waals surface area contributed by atoms with Gasteiger partial charge in [0, 0.05) is 18.4 Å². The van der Waals surface area contributed by atoms with Gasteiger partial charge in [-0.2, -0.15) is 28.1 Å². The third-order valence-electron chi connectivity index (χ3n) is 2.59. The van der Waals surface area contributed by atoms with Crippen molar-refractivity contribution in [2.24, 2.45) is 0 Å². The summed E-state index contributed by atoms with van der Waals surface area (Å²) < 4.78 is 39.4. The first-order valence-corrected chi connectivity index (χ1v) is 6.09. The van der Waals surface area contributed by atoms with Gasteiger partial charge >= 0.3 is 6.18 Å². The molecule has 114 valence electrons. The predicted molar refractivity (Wildman–Crippen MR) is 69.9 cm³/mol. The first kappa shape index (κ1) is 15.0. The van der Waals surface area contributed by atoms with Gasteiger partial charge in [0.2, 0.25) is 17.8 Å². The van der Waals surface area contributed by atoms with Crippen LogP contribution in [0.1, 0.15) is 13.8 Å². The fourth-order valence-corrected chi connectivity index (χ4v) is 1.67. The van der Waals surface area contributed by atoms with E-state index >= 15 is 0 Å². The van der Waals surface area contributed by atoms with Crippen LogP contribution >= 0.6 is 0 Å². The molecule has 0 spiro atoms. The van der Waals surface area contributed by atoms with E-state index in [-0.39, 0.29) is 17.8 Å². The van der Waals surface area contributed by atoms with Crippen LogP contribution in [0.2, 0.25) is 0 Å². The number of hydrogen-bond donors (Lipinski definition) is 1. The third kappa shape index (κ3) is 3.80. The van der Waals surface area contributed by atoms with Crippen molar-refractivity contribution in [3.8, 4) is 5.95 Å². The highest BCUT2D eigenvalue weighted by atomic mass is 19.4. The van der Waals surface area contributed by atoms with Crippen molar-refractivity contribution in [3.05, 3.63) is 18.7 Å². The van der Waals surface area contributed by atoms with Crippen LogP contribution in [0.25, 0.3) is 5.95 Å². The zero-order valence-corrected chi connectivity index (χ0v) is 11.4. The van der Waals surface area contributed by atoms with E-state index < -0.39 is 18.8 Å². The predicted octanol–water partition coefficient (Wildman–Crippen LogP) is 1.42. The van der Waals surface area contributed by atoms with Crippen LogP contribution < -0.4 is 10.6 Å². The van der Waals surface area contributed by atoms with Crippen LogP contribution in [0.4, 0.5) is 25.1 Å². The summed E-state index contributed by atoms with van der Waals surface area (Å²) in [7, 11) is 0. The molecule has 2 rings (SSSR count). The van der Waals surface area contributed by atoms with E-state index in [1.54, 1.807) is 20.0 Å². The van der Waals surface area contributed by atoms with Gasteiger partial charge in [0.15, 0.2) is 0 Å². The molecule has 0 bridgehead atoms. The van der Waals surface area contributed by atoms with Gasteiger partial charge in [0.1, 0.15) is 12.9 Å². The highest BCUT2D eigenvalue weighted by Gasteiger charge is 2.33. The van der Waals surface area contributed by atoms with Crippen LogP contribution in [0, 0.1) is 0 Å². The van der Waals surface area contributed by atoms with E-state index in [1.165, 1.54) is 17.1 Å². The zero-order chi connectivity index (χ0) is 15.6. The first-order chi connectivity index (χ1) is 9.76.